The van der Waals surface area contributed by atoms with Crippen molar-refractivity contribution in [1.29, 1.82) is 0 Å². The first-order chi connectivity index (χ1) is 12.4. The van der Waals surface area contributed by atoms with E-state index in [4.69, 9.17) is 9.47 Å². The molecule has 0 N–H and O–H groups in total. The summed E-state index contributed by atoms with van der Waals surface area (Å²) in [6, 6.07) is 26.5. The van der Waals surface area contributed by atoms with E-state index >= 15 is 0 Å². The van der Waals surface area contributed by atoms with Crippen LogP contribution < -0.4 is 0 Å². The highest BCUT2D eigenvalue weighted by molar-refractivity contribution is 5.72. The number of rotatable bonds is 1. The van der Waals surface area contributed by atoms with Crippen LogP contribution in [0.1, 0.15) is 39.3 Å². The van der Waals surface area contributed by atoms with Gasteiger partial charge in [-0.05, 0) is 33.4 Å². The quantitative estimate of drug-likeness (QED) is 0.667. The van der Waals surface area contributed by atoms with Crippen molar-refractivity contribution in [3.8, 4) is 0 Å². The zero-order chi connectivity index (χ0) is 16.4. The lowest BCUT2D eigenvalue weighted by atomic mass is 9.52. The van der Waals surface area contributed by atoms with Gasteiger partial charge >= 0.3 is 0 Å². The third-order valence-corrected chi connectivity index (χ3v) is 6.07. The fourth-order valence-corrected chi connectivity index (χ4v) is 5.25. The molecule has 7 rings (SSSR count). The molecule has 2 bridgehead atoms. The van der Waals surface area contributed by atoms with Gasteiger partial charge in [0.15, 0.2) is 6.29 Å². The maximum atomic E-state index is 6.16. The van der Waals surface area contributed by atoms with E-state index in [0.717, 1.165) is 0 Å². The van der Waals surface area contributed by atoms with Gasteiger partial charge in [0.1, 0.15) is 0 Å². The highest BCUT2D eigenvalue weighted by Gasteiger charge is 2.57. The smallest absolute Gasteiger partial charge is 0.175 e. The van der Waals surface area contributed by atoms with Gasteiger partial charge in [0.05, 0.1) is 18.6 Å². The summed E-state index contributed by atoms with van der Waals surface area (Å²) in [4.78, 5) is 0. The summed E-state index contributed by atoms with van der Waals surface area (Å²) in [6.07, 6.45) is -0.280. The largest absolute Gasteiger partial charge is 0.349 e. The predicted octanol–water partition coefficient (Wildman–Crippen LogP) is 4.20. The van der Waals surface area contributed by atoms with E-state index in [1.165, 1.54) is 33.4 Å². The van der Waals surface area contributed by atoms with E-state index in [9.17, 15) is 0 Å². The van der Waals surface area contributed by atoms with Crippen molar-refractivity contribution in [1.82, 2.24) is 0 Å². The fraction of sp³-hybridized carbons (Fsp3) is 0.217. The van der Waals surface area contributed by atoms with Gasteiger partial charge in [0.2, 0.25) is 0 Å². The molecular weight excluding hydrogens is 308 g/mol. The van der Waals surface area contributed by atoms with Crippen LogP contribution in [0.5, 0.6) is 0 Å². The summed E-state index contributed by atoms with van der Waals surface area (Å²) in [5.74, 6) is 0.298. The van der Waals surface area contributed by atoms with Crippen molar-refractivity contribution in [3.05, 3.63) is 106 Å². The molecule has 0 saturated carbocycles. The monoisotopic (exact) mass is 326 g/mol. The topological polar surface area (TPSA) is 18.5 Å². The molecule has 1 saturated heterocycles. The molecule has 0 amide bonds. The third-order valence-electron chi connectivity index (χ3n) is 6.07. The van der Waals surface area contributed by atoms with E-state index in [1.807, 2.05) is 0 Å². The van der Waals surface area contributed by atoms with Gasteiger partial charge in [-0.25, -0.2) is 0 Å². The second-order valence-corrected chi connectivity index (χ2v) is 7.08. The highest BCUT2D eigenvalue weighted by Crippen LogP contribution is 2.61. The van der Waals surface area contributed by atoms with Crippen molar-refractivity contribution >= 4 is 0 Å². The van der Waals surface area contributed by atoms with Crippen LogP contribution in [-0.4, -0.2) is 19.5 Å². The lowest BCUT2D eigenvalue weighted by Crippen LogP contribution is -2.50. The average molecular weight is 326 g/mol. The molecule has 3 aromatic rings. The van der Waals surface area contributed by atoms with Gasteiger partial charge in [-0.2, -0.15) is 0 Å². The van der Waals surface area contributed by atoms with Crippen LogP contribution in [-0.2, 0) is 14.9 Å². The summed E-state index contributed by atoms with van der Waals surface area (Å²) in [5.41, 5.74) is 7.80. The van der Waals surface area contributed by atoms with Crippen LogP contribution in [0.2, 0.25) is 0 Å². The lowest BCUT2D eigenvalue weighted by molar-refractivity contribution is -0.0778. The first-order valence-corrected chi connectivity index (χ1v) is 8.94. The molecule has 0 atom stereocenters. The first-order valence-electron chi connectivity index (χ1n) is 8.94. The Bertz CT molecular complexity index is 869. The lowest BCUT2D eigenvalue weighted by Gasteiger charge is -2.52. The van der Waals surface area contributed by atoms with Crippen LogP contribution in [0, 0.1) is 0 Å². The molecule has 0 radical (unpaired) electrons. The van der Waals surface area contributed by atoms with Crippen LogP contribution >= 0.6 is 0 Å². The number of hydrogen-bond acceptors (Lipinski definition) is 2. The molecule has 122 valence electrons. The maximum absolute atomic E-state index is 6.16. The summed E-state index contributed by atoms with van der Waals surface area (Å²) < 4.78 is 12.3. The summed E-state index contributed by atoms with van der Waals surface area (Å²) in [5, 5.41) is 0. The molecule has 1 aliphatic heterocycles. The van der Waals surface area contributed by atoms with Crippen molar-refractivity contribution in [2.45, 2.75) is 17.6 Å². The molecule has 25 heavy (non-hydrogen) atoms. The van der Waals surface area contributed by atoms with Crippen LogP contribution in [0.25, 0.3) is 0 Å². The first kappa shape index (κ1) is 13.8. The molecule has 3 aliphatic carbocycles. The minimum absolute atomic E-state index is 0.280. The Morgan fingerprint density at radius 1 is 0.600 bits per heavy atom. The van der Waals surface area contributed by atoms with Gasteiger partial charge in [0, 0.05) is 5.92 Å². The standard InChI is InChI=1S/C23H18O2/c1-4-10-18-15(7-1)21-16-8-2-5-11-19(16)23(18,22-24-13-14-25-22)20-12-6-3-9-17(20)21/h1-12,21-22H,13-14H2. The number of hydrogen-bond donors (Lipinski definition) is 0. The summed E-state index contributed by atoms with van der Waals surface area (Å²) in [7, 11) is 0. The van der Waals surface area contributed by atoms with E-state index in [1.54, 1.807) is 0 Å². The summed E-state index contributed by atoms with van der Waals surface area (Å²) >= 11 is 0. The molecule has 1 heterocycles. The predicted molar refractivity (Wildman–Crippen MR) is 95.8 cm³/mol. The molecular formula is C23H18O2. The second kappa shape index (κ2) is 4.81. The Hall–Kier alpha value is -2.42. The second-order valence-electron chi connectivity index (χ2n) is 7.08. The summed E-state index contributed by atoms with van der Waals surface area (Å²) in [6.45, 7) is 1.31. The Morgan fingerprint density at radius 2 is 1.00 bits per heavy atom. The molecule has 2 heteroatoms. The maximum Gasteiger partial charge on any atom is 0.175 e. The van der Waals surface area contributed by atoms with Gasteiger partial charge in [-0.3, -0.25) is 0 Å². The van der Waals surface area contributed by atoms with Crippen molar-refractivity contribution in [3.63, 3.8) is 0 Å². The van der Waals surface area contributed by atoms with Crippen LogP contribution in [0.3, 0.4) is 0 Å². The molecule has 0 aromatic heterocycles. The Kier molecular flexibility index (Phi) is 2.66. The fourth-order valence-electron chi connectivity index (χ4n) is 5.25. The molecule has 2 nitrogen and oxygen atoms in total. The Balaban J connectivity index is 1.81. The van der Waals surface area contributed by atoms with E-state index in [-0.39, 0.29) is 11.7 Å². The Labute approximate surface area is 147 Å². The molecule has 0 spiro atoms. The van der Waals surface area contributed by atoms with E-state index in [2.05, 4.69) is 72.8 Å². The highest BCUT2D eigenvalue weighted by atomic mass is 16.7. The molecule has 3 aromatic carbocycles. The third kappa shape index (κ3) is 1.53. The van der Waals surface area contributed by atoms with Crippen molar-refractivity contribution in [2.75, 3.05) is 13.2 Å². The van der Waals surface area contributed by atoms with Crippen LogP contribution in [0.15, 0.2) is 72.8 Å². The zero-order valence-corrected chi connectivity index (χ0v) is 13.8. The minimum atomic E-state index is -0.380. The van der Waals surface area contributed by atoms with Gasteiger partial charge in [-0.15, -0.1) is 0 Å². The van der Waals surface area contributed by atoms with Crippen molar-refractivity contribution < 1.29 is 9.47 Å². The molecule has 1 fully saturated rings. The number of benzene rings is 3. The Morgan fingerprint density at radius 3 is 1.44 bits per heavy atom. The van der Waals surface area contributed by atoms with Gasteiger partial charge in [-0.1, -0.05) is 72.8 Å². The van der Waals surface area contributed by atoms with Crippen molar-refractivity contribution in [2.24, 2.45) is 0 Å². The van der Waals surface area contributed by atoms with Crippen LogP contribution in [0.4, 0.5) is 0 Å². The molecule has 0 unspecified atom stereocenters. The van der Waals surface area contributed by atoms with Gasteiger partial charge in [0.25, 0.3) is 0 Å². The number of ether oxygens (including phenoxy) is 2. The average Bonchev–Trinajstić information content (AvgIpc) is 3.23. The van der Waals surface area contributed by atoms with E-state index in [0.29, 0.717) is 19.1 Å². The zero-order valence-electron chi connectivity index (χ0n) is 13.8. The minimum Gasteiger partial charge on any atom is -0.349 e. The van der Waals surface area contributed by atoms with Gasteiger partial charge < -0.3 is 9.47 Å². The molecule has 4 aliphatic rings. The SMILES string of the molecule is c1ccc2c(c1)C1c3ccccc3C2(C2OCCO2)c2ccccc21. The normalized spacial score (nSPS) is 26.2. The van der Waals surface area contributed by atoms with E-state index < -0.39 is 0 Å².